The largest absolute Gasteiger partial charge is 0.424 e. The maximum absolute atomic E-state index is 5.68. The second-order valence-corrected chi connectivity index (χ2v) is 8.56. The van der Waals surface area contributed by atoms with Crippen LogP contribution in [0.3, 0.4) is 0 Å². The van der Waals surface area contributed by atoms with Crippen molar-refractivity contribution in [2.45, 2.75) is 33.2 Å². The first-order valence-electron chi connectivity index (χ1n) is 10.1. The fourth-order valence-corrected chi connectivity index (χ4v) is 3.88. The van der Waals surface area contributed by atoms with E-state index in [1.165, 1.54) is 0 Å². The van der Waals surface area contributed by atoms with E-state index in [9.17, 15) is 0 Å². The minimum Gasteiger partial charge on any atom is -0.424 e. The molecule has 0 saturated heterocycles. The number of fused-ring (bicyclic) bond motifs is 1. The monoisotopic (exact) mass is 411 g/mol. The van der Waals surface area contributed by atoms with Gasteiger partial charge in [-0.25, -0.2) is 14.5 Å². The summed E-state index contributed by atoms with van der Waals surface area (Å²) in [4.78, 5) is 17.7. The van der Waals surface area contributed by atoms with Crippen molar-refractivity contribution in [3.05, 3.63) is 76.0 Å². The van der Waals surface area contributed by atoms with Gasteiger partial charge >= 0.3 is 5.82 Å². The molecule has 0 aliphatic carbocycles. The summed E-state index contributed by atoms with van der Waals surface area (Å²) in [5.74, 6) is 2.43. The smallest absolute Gasteiger partial charge is 0.332 e. The van der Waals surface area contributed by atoms with E-state index in [1.807, 2.05) is 25.1 Å². The molecule has 0 spiro atoms. The van der Waals surface area contributed by atoms with Gasteiger partial charge in [-0.3, -0.25) is 0 Å². The van der Waals surface area contributed by atoms with Crippen LogP contribution in [-0.2, 0) is 4.74 Å². The molecule has 3 heterocycles. The van der Waals surface area contributed by atoms with Crippen LogP contribution in [0, 0.1) is 0 Å². The van der Waals surface area contributed by atoms with Crippen LogP contribution in [0.5, 0.6) is 0 Å². The molecule has 7 heteroatoms. The summed E-state index contributed by atoms with van der Waals surface area (Å²) in [6.07, 6.45) is 3.46. The van der Waals surface area contributed by atoms with Crippen molar-refractivity contribution in [3.63, 3.8) is 0 Å². The Kier molecular flexibility index (Phi) is 4.22. The number of aliphatic imine (C=N–C) groups is 1. The lowest BCUT2D eigenvalue weighted by Gasteiger charge is -2.19. The third-order valence-electron chi connectivity index (χ3n) is 5.23. The normalized spacial score (nSPS) is 18.6. The highest BCUT2D eigenvalue weighted by atomic mass is 16.5. The molecule has 0 unspecified atom stereocenters. The fourth-order valence-electron chi connectivity index (χ4n) is 3.88. The molecule has 154 valence electrons. The van der Waals surface area contributed by atoms with Crippen LogP contribution in [0.2, 0.25) is 0 Å². The van der Waals surface area contributed by atoms with E-state index in [0.717, 1.165) is 38.1 Å². The number of hydrogen-bond donors (Lipinski definition) is 1. The van der Waals surface area contributed by atoms with Crippen LogP contribution in [-0.4, -0.2) is 21.4 Å². The van der Waals surface area contributed by atoms with Gasteiger partial charge in [0.1, 0.15) is 5.54 Å². The molecule has 7 nitrogen and oxygen atoms in total. The fraction of sp³-hybridized carbons (Fsp3) is 0.208. The molecular weight excluding hydrogens is 388 g/mol. The molecule has 0 amide bonds. The average Bonchev–Trinajstić information content (AvgIpc) is 3.11. The zero-order valence-corrected chi connectivity index (χ0v) is 17.9. The Hall–Kier alpha value is -3.87. The molecular formula is C24H23N6O+. The number of ether oxygens (including phenoxy) is 1. The van der Waals surface area contributed by atoms with Gasteiger partial charge in [0.2, 0.25) is 17.2 Å². The Morgan fingerprint density at radius 2 is 1.58 bits per heavy atom. The Labute approximate surface area is 179 Å². The molecule has 2 N–H and O–H groups in total. The van der Waals surface area contributed by atoms with Crippen LogP contribution in [0.4, 0.5) is 5.95 Å². The molecule has 31 heavy (non-hydrogen) atoms. The van der Waals surface area contributed by atoms with Crippen molar-refractivity contribution in [2.24, 2.45) is 9.98 Å². The molecule has 0 atom stereocenters. The van der Waals surface area contributed by atoms with Gasteiger partial charge in [-0.15, -0.1) is 0 Å². The number of hydrogen-bond acceptors (Lipinski definition) is 6. The lowest BCUT2D eigenvalue weighted by molar-refractivity contribution is 0.430. The quantitative estimate of drug-likeness (QED) is 0.604. The molecule has 0 radical (unpaired) electrons. The van der Waals surface area contributed by atoms with Gasteiger partial charge in [-0.2, -0.15) is 4.99 Å². The summed E-state index contributed by atoms with van der Waals surface area (Å²) in [6.45, 7) is 8.38. The molecule has 1 aromatic heterocycles. The van der Waals surface area contributed by atoms with Crippen LogP contribution >= 0.6 is 0 Å². The zero-order chi connectivity index (χ0) is 21.8. The number of nitrogens with two attached hydrogens (primary N) is 1. The van der Waals surface area contributed by atoms with Gasteiger partial charge in [-0.05, 0) is 55.6 Å². The minimum absolute atomic E-state index is 0.187. The number of anilines is 1. The number of rotatable bonds is 1. The highest BCUT2D eigenvalue weighted by Gasteiger charge is 2.33. The molecule has 3 aromatic rings. The number of benzene rings is 2. The third-order valence-corrected chi connectivity index (χ3v) is 5.23. The molecule has 2 aliphatic rings. The number of nitrogen functional groups attached to an aromatic ring is 1. The van der Waals surface area contributed by atoms with Gasteiger partial charge < -0.3 is 10.5 Å². The van der Waals surface area contributed by atoms with Crippen molar-refractivity contribution in [3.8, 4) is 11.1 Å². The predicted octanol–water partition coefficient (Wildman–Crippen LogP) is 0.929. The van der Waals surface area contributed by atoms with Crippen molar-refractivity contribution in [1.29, 1.82) is 0 Å². The van der Waals surface area contributed by atoms with E-state index >= 15 is 0 Å². The van der Waals surface area contributed by atoms with E-state index < -0.39 is 0 Å². The Bertz CT molecular complexity index is 1500. The van der Waals surface area contributed by atoms with E-state index in [1.54, 1.807) is 12.4 Å². The first-order valence-corrected chi connectivity index (χ1v) is 10.1. The lowest BCUT2D eigenvalue weighted by atomic mass is 10.1. The Morgan fingerprint density at radius 3 is 2.23 bits per heavy atom. The highest BCUT2D eigenvalue weighted by molar-refractivity contribution is 5.87. The molecule has 0 saturated carbocycles. The second kappa shape index (κ2) is 6.84. The second-order valence-electron chi connectivity index (χ2n) is 8.56. The maximum atomic E-state index is 5.68. The van der Waals surface area contributed by atoms with Gasteiger partial charge in [0.25, 0.3) is 0 Å². The first kappa shape index (κ1) is 19.1. The van der Waals surface area contributed by atoms with Crippen LogP contribution in [0.1, 0.15) is 27.7 Å². The van der Waals surface area contributed by atoms with Crippen molar-refractivity contribution in [2.75, 3.05) is 5.73 Å². The zero-order valence-electron chi connectivity index (χ0n) is 17.9. The molecule has 2 aromatic carbocycles. The maximum Gasteiger partial charge on any atom is 0.332 e. The summed E-state index contributed by atoms with van der Waals surface area (Å²) < 4.78 is 7.94. The summed E-state index contributed by atoms with van der Waals surface area (Å²) in [5, 5.41) is 3.86. The lowest BCUT2D eigenvalue weighted by Crippen LogP contribution is -2.47. The van der Waals surface area contributed by atoms with E-state index in [2.05, 4.69) is 64.6 Å². The Morgan fingerprint density at radius 1 is 0.903 bits per heavy atom. The summed E-state index contributed by atoms with van der Waals surface area (Å²) in [6, 6.07) is 14.3. The van der Waals surface area contributed by atoms with Crippen molar-refractivity contribution < 1.29 is 4.74 Å². The van der Waals surface area contributed by atoms with Crippen LogP contribution in [0.15, 0.2) is 64.8 Å². The summed E-state index contributed by atoms with van der Waals surface area (Å²) >= 11 is 0. The van der Waals surface area contributed by atoms with Crippen molar-refractivity contribution in [1.82, 2.24) is 14.5 Å². The summed E-state index contributed by atoms with van der Waals surface area (Å²) in [5.41, 5.74) is 7.33. The standard InChI is InChI=1S/C24H23N6O/c1-14-28-22(31-14)18-8-6-5-7-17(18)21-29-19-11-15(16-12-26-23(25)27-13-16)9-10-20(19)30(21)24(2,3)4/h5-13H,1-4H3,(H2,25,26,27)/q+1. The van der Waals surface area contributed by atoms with Crippen LogP contribution < -0.4 is 31.5 Å². The van der Waals surface area contributed by atoms with E-state index in [0.29, 0.717) is 11.8 Å². The average molecular weight is 411 g/mol. The third kappa shape index (κ3) is 3.28. The SMILES string of the molecule is CC1=NC(=c2ccccc2=C2N=c3cc(-c4cnc(N)nc4)ccc3=[N+]2C(C)(C)C)O1. The van der Waals surface area contributed by atoms with Gasteiger partial charge in [0.05, 0.1) is 10.4 Å². The molecule has 2 aliphatic heterocycles. The van der Waals surface area contributed by atoms with Gasteiger partial charge in [-0.1, -0.05) is 12.1 Å². The summed E-state index contributed by atoms with van der Waals surface area (Å²) in [7, 11) is 0. The van der Waals surface area contributed by atoms with E-state index in [4.69, 9.17) is 15.5 Å². The predicted molar refractivity (Wildman–Crippen MR) is 120 cm³/mol. The molecule has 0 fully saturated rings. The van der Waals surface area contributed by atoms with Gasteiger partial charge in [0, 0.05) is 30.9 Å². The topological polar surface area (TPSA) is 88.8 Å². The van der Waals surface area contributed by atoms with Gasteiger partial charge in [0.15, 0.2) is 11.3 Å². The highest BCUT2D eigenvalue weighted by Crippen LogP contribution is 2.17. The van der Waals surface area contributed by atoms with Crippen molar-refractivity contribution >= 4 is 23.6 Å². The molecule has 0 bridgehead atoms. The first-order chi connectivity index (χ1) is 14.8. The minimum atomic E-state index is -0.187. The number of aromatic nitrogens is 2. The molecule has 5 rings (SSSR count). The van der Waals surface area contributed by atoms with E-state index in [-0.39, 0.29) is 11.5 Å². The number of nitrogens with zero attached hydrogens (tertiary/aromatic N) is 5. The Balaban J connectivity index is 1.84. The van der Waals surface area contributed by atoms with Crippen LogP contribution in [0.25, 0.3) is 22.8 Å².